The fourth-order valence-corrected chi connectivity index (χ4v) is 4.20. The van der Waals surface area contributed by atoms with Gasteiger partial charge in [-0.2, -0.15) is 0 Å². The Hall–Kier alpha value is -3.17. The Bertz CT molecular complexity index is 1260. The first-order valence-electron chi connectivity index (χ1n) is 9.69. The second-order valence-electron chi connectivity index (χ2n) is 7.06. The molecule has 164 valence electrons. The minimum absolute atomic E-state index is 0.0396. The predicted octanol–water partition coefficient (Wildman–Crippen LogP) is 2.30. The quantitative estimate of drug-likeness (QED) is 0.535. The van der Waals surface area contributed by atoms with E-state index in [0.717, 1.165) is 15.3 Å². The van der Waals surface area contributed by atoms with E-state index in [2.05, 4.69) is 5.32 Å². The molecular formula is C22H24N2O6S. The molecule has 1 amide bonds. The SMILES string of the molecule is CCc1cc(=O)oc2cc(OCC(=O)NCc3ccccc3S(=O)(=O)N(C)C)ccc12. The van der Waals surface area contributed by atoms with Crippen LogP contribution in [0.1, 0.15) is 18.1 Å². The Labute approximate surface area is 180 Å². The van der Waals surface area contributed by atoms with E-state index in [1.807, 2.05) is 6.92 Å². The first-order valence-corrected chi connectivity index (χ1v) is 11.1. The Morgan fingerprint density at radius 1 is 1.10 bits per heavy atom. The highest BCUT2D eigenvalue weighted by Gasteiger charge is 2.20. The fourth-order valence-electron chi connectivity index (χ4n) is 3.08. The molecule has 0 aliphatic carbocycles. The van der Waals surface area contributed by atoms with E-state index in [1.54, 1.807) is 36.4 Å². The molecule has 0 unspecified atom stereocenters. The molecule has 0 radical (unpaired) electrons. The van der Waals surface area contributed by atoms with E-state index in [-0.39, 0.29) is 18.0 Å². The van der Waals surface area contributed by atoms with Gasteiger partial charge in [0.1, 0.15) is 11.3 Å². The normalized spacial score (nSPS) is 11.6. The molecule has 0 saturated heterocycles. The van der Waals surface area contributed by atoms with E-state index >= 15 is 0 Å². The third-order valence-corrected chi connectivity index (χ3v) is 6.68. The maximum absolute atomic E-state index is 12.4. The number of rotatable bonds is 8. The lowest BCUT2D eigenvalue weighted by atomic mass is 10.1. The number of nitrogens with zero attached hydrogens (tertiary/aromatic N) is 1. The fraction of sp³-hybridized carbons (Fsp3) is 0.273. The number of sulfonamides is 1. The van der Waals surface area contributed by atoms with Gasteiger partial charge in [-0.1, -0.05) is 25.1 Å². The van der Waals surface area contributed by atoms with E-state index in [1.165, 1.54) is 26.2 Å². The van der Waals surface area contributed by atoms with Crippen molar-refractivity contribution in [3.63, 3.8) is 0 Å². The topological polar surface area (TPSA) is 106 Å². The molecular weight excluding hydrogens is 420 g/mol. The van der Waals surface area contributed by atoms with Crippen LogP contribution >= 0.6 is 0 Å². The van der Waals surface area contributed by atoms with Crippen molar-refractivity contribution in [2.75, 3.05) is 20.7 Å². The first kappa shape index (κ1) is 22.5. The number of fused-ring (bicyclic) bond motifs is 1. The van der Waals surface area contributed by atoms with Crippen LogP contribution in [0.25, 0.3) is 11.0 Å². The number of carbonyl (C=O) groups is 1. The van der Waals surface area contributed by atoms with Gasteiger partial charge in [-0.05, 0) is 35.7 Å². The molecule has 1 heterocycles. The van der Waals surface area contributed by atoms with Crippen LogP contribution in [0.3, 0.4) is 0 Å². The molecule has 0 spiro atoms. The van der Waals surface area contributed by atoms with Crippen molar-refractivity contribution in [1.82, 2.24) is 9.62 Å². The van der Waals surface area contributed by atoms with Crippen molar-refractivity contribution < 1.29 is 22.4 Å². The molecule has 3 aromatic rings. The van der Waals surface area contributed by atoms with Crippen LogP contribution < -0.4 is 15.7 Å². The van der Waals surface area contributed by atoms with Gasteiger partial charge in [0.05, 0.1) is 4.90 Å². The van der Waals surface area contributed by atoms with Crippen LogP contribution in [0.2, 0.25) is 0 Å². The average molecular weight is 445 g/mol. The minimum atomic E-state index is -3.63. The smallest absolute Gasteiger partial charge is 0.336 e. The number of benzene rings is 2. The van der Waals surface area contributed by atoms with Crippen molar-refractivity contribution in [1.29, 1.82) is 0 Å². The summed E-state index contributed by atoms with van der Waals surface area (Å²) in [6, 6.07) is 13.0. The summed E-state index contributed by atoms with van der Waals surface area (Å²) >= 11 is 0. The van der Waals surface area contributed by atoms with Gasteiger partial charge in [0.15, 0.2) is 6.61 Å². The third kappa shape index (κ3) is 5.12. The van der Waals surface area contributed by atoms with Gasteiger partial charge in [0, 0.05) is 38.2 Å². The van der Waals surface area contributed by atoms with E-state index in [0.29, 0.717) is 23.3 Å². The van der Waals surface area contributed by atoms with Gasteiger partial charge in [-0.15, -0.1) is 0 Å². The van der Waals surface area contributed by atoms with Crippen LogP contribution in [0.4, 0.5) is 0 Å². The van der Waals surface area contributed by atoms with Crippen molar-refractivity contribution >= 4 is 26.9 Å². The first-order chi connectivity index (χ1) is 14.7. The molecule has 1 N–H and O–H groups in total. The van der Waals surface area contributed by atoms with Crippen molar-refractivity contribution in [3.05, 3.63) is 70.1 Å². The molecule has 31 heavy (non-hydrogen) atoms. The number of aryl methyl sites for hydroxylation is 1. The Balaban J connectivity index is 1.66. The van der Waals surface area contributed by atoms with Crippen molar-refractivity contribution in [3.8, 4) is 5.75 Å². The molecule has 3 rings (SSSR count). The summed E-state index contributed by atoms with van der Waals surface area (Å²) in [7, 11) is -0.722. The molecule has 1 aromatic heterocycles. The van der Waals surface area contributed by atoms with Crippen LogP contribution in [0.5, 0.6) is 5.75 Å². The highest BCUT2D eigenvalue weighted by atomic mass is 32.2. The molecule has 0 aliphatic heterocycles. The highest BCUT2D eigenvalue weighted by Crippen LogP contribution is 2.23. The lowest BCUT2D eigenvalue weighted by molar-refractivity contribution is -0.123. The lowest BCUT2D eigenvalue weighted by Gasteiger charge is -2.15. The standard InChI is InChI=1S/C22H24N2O6S/c1-4-15-11-22(26)30-19-12-17(9-10-18(15)19)29-14-21(25)23-13-16-7-5-6-8-20(16)31(27,28)24(2)3/h5-12H,4,13-14H2,1-3H3,(H,23,25). The van der Waals surface area contributed by atoms with E-state index in [4.69, 9.17) is 9.15 Å². The van der Waals surface area contributed by atoms with Gasteiger partial charge in [0.2, 0.25) is 10.0 Å². The number of amides is 1. The van der Waals surface area contributed by atoms with Crippen molar-refractivity contribution in [2.45, 2.75) is 24.8 Å². The van der Waals surface area contributed by atoms with Gasteiger partial charge in [-0.25, -0.2) is 17.5 Å². The largest absolute Gasteiger partial charge is 0.484 e. The second-order valence-corrected chi connectivity index (χ2v) is 9.18. The Kier molecular flexibility index (Phi) is 6.77. The van der Waals surface area contributed by atoms with E-state index < -0.39 is 21.6 Å². The van der Waals surface area contributed by atoms with Crippen LogP contribution in [-0.2, 0) is 27.8 Å². The van der Waals surface area contributed by atoms with Crippen LogP contribution in [0, 0.1) is 0 Å². The molecule has 0 aliphatic rings. The zero-order chi connectivity index (χ0) is 22.6. The molecule has 0 fully saturated rings. The van der Waals surface area contributed by atoms with Gasteiger partial charge < -0.3 is 14.5 Å². The number of carbonyl (C=O) groups excluding carboxylic acids is 1. The summed E-state index contributed by atoms with van der Waals surface area (Å²) in [6.45, 7) is 1.72. The van der Waals surface area contributed by atoms with Gasteiger partial charge in [0.25, 0.3) is 5.91 Å². The molecule has 2 aromatic carbocycles. The minimum Gasteiger partial charge on any atom is -0.484 e. The second kappa shape index (κ2) is 9.32. The number of hydrogen-bond acceptors (Lipinski definition) is 6. The molecule has 0 atom stereocenters. The third-order valence-electron chi connectivity index (χ3n) is 4.76. The molecule has 8 nitrogen and oxygen atoms in total. The summed E-state index contributed by atoms with van der Waals surface area (Å²) in [4.78, 5) is 24.1. The monoisotopic (exact) mass is 444 g/mol. The van der Waals surface area contributed by atoms with Gasteiger partial charge in [-0.3, -0.25) is 4.79 Å². The van der Waals surface area contributed by atoms with Crippen molar-refractivity contribution in [2.24, 2.45) is 0 Å². The molecule has 0 saturated carbocycles. The predicted molar refractivity (Wildman–Crippen MR) is 117 cm³/mol. The summed E-state index contributed by atoms with van der Waals surface area (Å²) in [5, 5.41) is 3.48. The Morgan fingerprint density at radius 2 is 1.84 bits per heavy atom. The van der Waals surface area contributed by atoms with E-state index in [9.17, 15) is 18.0 Å². The number of hydrogen-bond donors (Lipinski definition) is 1. The van der Waals surface area contributed by atoms with Gasteiger partial charge >= 0.3 is 5.63 Å². The summed E-state index contributed by atoms with van der Waals surface area (Å²) in [5.41, 5.74) is 1.31. The average Bonchev–Trinajstić information content (AvgIpc) is 2.75. The summed E-state index contributed by atoms with van der Waals surface area (Å²) < 4.78 is 36.7. The highest BCUT2D eigenvalue weighted by molar-refractivity contribution is 7.89. The number of ether oxygens (including phenoxy) is 1. The summed E-state index contributed by atoms with van der Waals surface area (Å²) in [5.74, 6) is -0.0319. The molecule has 9 heteroatoms. The maximum atomic E-state index is 12.4. The molecule has 0 bridgehead atoms. The maximum Gasteiger partial charge on any atom is 0.336 e. The summed E-state index contributed by atoms with van der Waals surface area (Å²) in [6.07, 6.45) is 0.690. The number of nitrogens with one attached hydrogen (secondary N) is 1. The zero-order valence-electron chi connectivity index (χ0n) is 17.5. The van der Waals surface area contributed by atoms with Crippen LogP contribution in [0.15, 0.2) is 62.6 Å². The zero-order valence-corrected chi connectivity index (χ0v) is 18.4. The Morgan fingerprint density at radius 3 is 2.55 bits per heavy atom. The van der Waals surface area contributed by atoms with Crippen LogP contribution in [-0.4, -0.2) is 39.3 Å². The lowest BCUT2D eigenvalue weighted by Crippen LogP contribution is -2.30.